The quantitative estimate of drug-likeness (QED) is 0.700. The van der Waals surface area contributed by atoms with Crippen LogP contribution in [-0.2, 0) is 0 Å². The fourth-order valence-electron chi connectivity index (χ4n) is 1.21. The first-order valence-electron chi connectivity index (χ1n) is 4.89. The molecule has 0 aliphatic rings. The Hall–Kier alpha value is -1.25. The highest BCUT2D eigenvalue weighted by molar-refractivity contribution is 6.00. The average Bonchev–Trinajstić information content (AvgIpc) is 2.17. The molecule has 82 valence electrons. The fourth-order valence-corrected chi connectivity index (χ4v) is 1.21. The van der Waals surface area contributed by atoms with E-state index < -0.39 is 28.4 Å². The first kappa shape index (κ1) is 11.8. The molecule has 3 heteroatoms. The zero-order valence-electron chi connectivity index (χ0n) is 9.10. The molecule has 0 aliphatic carbocycles. The van der Waals surface area contributed by atoms with Crippen molar-refractivity contribution in [2.75, 3.05) is 0 Å². The van der Waals surface area contributed by atoms with Gasteiger partial charge in [-0.3, -0.25) is 4.79 Å². The predicted molar refractivity (Wildman–Crippen MR) is 54.8 cm³/mol. The number of hydrogen-bond acceptors (Lipinski definition) is 1. The molecule has 0 fully saturated rings. The van der Waals surface area contributed by atoms with Gasteiger partial charge in [0.1, 0.15) is 11.6 Å². The monoisotopic (exact) mass is 212 g/mol. The number of Topliss-reactive ketones (excluding diaryl/α,β-unsaturated/α-hetero) is 1. The van der Waals surface area contributed by atoms with E-state index in [1.807, 2.05) is 6.92 Å². The standard InChI is InChI=1S/C12H14F2O/c1-4-12(2,3)11(15)10-8(13)6-5-7-9(10)14/h5-7H,4H2,1-3H3. The molecular formula is C12H14F2O. The summed E-state index contributed by atoms with van der Waals surface area (Å²) >= 11 is 0. The Morgan fingerprint density at radius 3 is 2.13 bits per heavy atom. The molecule has 1 rings (SSSR count). The Morgan fingerprint density at radius 1 is 1.27 bits per heavy atom. The molecule has 0 aliphatic heterocycles. The second-order valence-corrected chi connectivity index (χ2v) is 4.16. The van der Waals surface area contributed by atoms with Crippen LogP contribution in [0.3, 0.4) is 0 Å². The molecule has 0 unspecified atom stereocenters. The number of carbonyl (C=O) groups excluding carboxylic acids is 1. The molecule has 0 heterocycles. The van der Waals surface area contributed by atoms with Gasteiger partial charge in [-0.25, -0.2) is 8.78 Å². The summed E-state index contributed by atoms with van der Waals surface area (Å²) in [6.45, 7) is 5.18. The second kappa shape index (κ2) is 4.09. The van der Waals surface area contributed by atoms with E-state index in [9.17, 15) is 13.6 Å². The van der Waals surface area contributed by atoms with Gasteiger partial charge in [0.2, 0.25) is 0 Å². The summed E-state index contributed by atoms with van der Waals surface area (Å²) in [7, 11) is 0. The normalized spacial score (nSPS) is 11.5. The van der Waals surface area contributed by atoms with E-state index in [-0.39, 0.29) is 0 Å². The molecule has 0 bridgehead atoms. The third-order valence-electron chi connectivity index (χ3n) is 2.69. The molecule has 0 aromatic heterocycles. The Morgan fingerprint density at radius 2 is 1.73 bits per heavy atom. The van der Waals surface area contributed by atoms with E-state index in [2.05, 4.69) is 0 Å². The van der Waals surface area contributed by atoms with Crippen molar-refractivity contribution in [3.63, 3.8) is 0 Å². The maximum absolute atomic E-state index is 13.3. The van der Waals surface area contributed by atoms with Crippen LogP contribution in [0.15, 0.2) is 18.2 Å². The maximum Gasteiger partial charge on any atom is 0.174 e. The third kappa shape index (κ3) is 2.22. The van der Waals surface area contributed by atoms with Gasteiger partial charge in [0.25, 0.3) is 0 Å². The molecule has 0 atom stereocenters. The summed E-state index contributed by atoms with van der Waals surface area (Å²) < 4.78 is 26.6. The van der Waals surface area contributed by atoms with Gasteiger partial charge in [-0.2, -0.15) is 0 Å². The molecule has 0 saturated heterocycles. The summed E-state index contributed by atoms with van der Waals surface area (Å²) in [5.41, 5.74) is -1.16. The Balaban J connectivity index is 3.23. The highest BCUT2D eigenvalue weighted by Crippen LogP contribution is 2.28. The molecule has 0 amide bonds. The van der Waals surface area contributed by atoms with Crippen LogP contribution in [-0.4, -0.2) is 5.78 Å². The van der Waals surface area contributed by atoms with Crippen molar-refractivity contribution in [1.82, 2.24) is 0 Å². The summed E-state index contributed by atoms with van der Waals surface area (Å²) in [4.78, 5) is 11.9. The second-order valence-electron chi connectivity index (χ2n) is 4.16. The smallest absolute Gasteiger partial charge is 0.174 e. The van der Waals surface area contributed by atoms with Crippen LogP contribution in [0.25, 0.3) is 0 Å². The van der Waals surface area contributed by atoms with Crippen LogP contribution in [0.4, 0.5) is 8.78 Å². The maximum atomic E-state index is 13.3. The van der Waals surface area contributed by atoms with Gasteiger partial charge in [0.05, 0.1) is 5.56 Å². The molecule has 1 aromatic carbocycles. The Kier molecular flexibility index (Phi) is 3.22. The minimum absolute atomic E-state index is 0.427. The number of halogens is 2. The molecular weight excluding hydrogens is 198 g/mol. The lowest BCUT2D eigenvalue weighted by atomic mass is 9.81. The van der Waals surface area contributed by atoms with Crippen molar-refractivity contribution < 1.29 is 13.6 Å². The SMILES string of the molecule is CCC(C)(C)C(=O)c1c(F)cccc1F. The summed E-state index contributed by atoms with van der Waals surface area (Å²) in [5.74, 6) is -2.07. The molecule has 0 N–H and O–H groups in total. The van der Waals surface area contributed by atoms with Crippen LogP contribution < -0.4 is 0 Å². The number of rotatable bonds is 3. The van der Waals surface area contributed by atoms with Crippen molar-refractivity contribution in [3.05, 3.63) is 35.4 Å². The Labute approximate surface area is 88.1 Å². The van der Waals surface area contributed by atoms with E-state index in [1.54, 1.807) is 13.8 Å². The highest BCUT2D eigenvalue weighted by Gasteiger charge is 2.30. The van der Waals surface area contributed by atoms with Crippen LogP contribution in [0.2, 0.25) is 0 Å². The van der Waals surface area contributed by atoms with Gasteiger partial charge in [-0.1, -0.05) is 26.8 Å². The lowest BCUT2D eigenvalue weighted by molar-refractivity contribution is 0.0823. The van der Waals surface area contributed by atoms with Gasteiger partial charge in [0.15, 0.2) is 5.78 Å². The minimum atomic E-state index is -0.790. The summed E-state index contributed by atoms with van der Waals surface area (Å²) in [6, 6.07) is 3.45. The zero-order chi connectivity index (χ0) is 11.6. The average molecular weight is 212 g/mol. The highest BCUT2D eigenvalue weighted by atomic mass is 19.1. The van der Waals surface area contributed by atoms with Crippen molar-refractivity contribution >= 4 is 5.78 Å². The van der Waals surface area contributed by atoms with E-state index in [0.717, 1.165) is 12.1 Å². The molecule has 1 nitrogen and oxygen atoms in total. The van der Waals surface area contributed by atoms with E-state index in [1.165, 1.54) is 6.07 Å². The topological polar surface area (TPSA) is 17.1 Å². The van der Waals surface area contributed by atoms with E-state index >= 15 is 0 Å². The van der Waals surface area contributed by atoms with Crippen molar-refractivity contribution in [2.45, 2.75) is 27.2 Å². The zero-order valence-corrected chi connectivity index (χ0v) is 9.10. The first-order valence-corrected chi connectivity index (χ1v) is 4.89. The number of ketones is 1. The van der Waals surface area contributed by atoms with Crippen LogP contribution >= 0.6 is 0 Å². The van der Waals surface area contributed by atoms with Gasteiger partial charge in [-0.15, -0.1) is 0 Å². The van der Waals surface area contributed by atoms with Gasteiger partial charge in [-0.05, 0) is 18.6 Å². The Bertz CT molecular complexity index is 363. The lowest BCUT2D eigenvalue weighted by Crippen LogP contribution is -2.25. The van der Waals surface area contributed by atoms with Crippen molar-refractivity contribution in [1.29, 1.82) is 0 Å². The van der Waals surface area contributed by atoms with E-state index in [4.69, 9.17) is 0 Å². The van der Waals surface area contributed by atoms with Crippen molar-refractivity contribution in [2.24, 2.45) is 5.41 Å². The predicted octanol–water partition coefficient (Wildman–Crippen LogP) is 3.58. The first-order chi connectivity index (χ1) is 6.90. The number of hydrogen-bond donors (Lipinski definition) is 0. The van der Waals surface area contributed by atoms with E-state index in [0.29, 0.717) is 6.42 Å². The molecule has 0 radical (unpaired) electrons. The van der Waals surface area contributed by atoms with Crippen LogP contribution in [0.5, 0.6) is 0 Å². The largest absolute Gasteiger partial charge is 0.293 e. The van der Waals surface area contributed by atoms with Gasteiger partial charge in [0, 0.05) is 5.41 Å². The molecule has 0 spiro atoms. The lowest BCUT2D eigenvalue weighted by Gasteiger charge is -2.21. The minimum Gasteiger partial charge on any atom is -0.293 e. The van der Waals surface area contributed by atoms with Crippen molar-refractivity contribution in [3.8, 4) is 0 Å². The third-order valence-corrected chi connectivity index (χ3v) is 2.69. The molecule has 1 aromatic rings. The molecule has 0 saturated carbocycles. The van der Waals surface area contributed by atoms with Crippen LogP contribution in [0.1, 0.15) is 37.6 Å². The summed E-state index contributed by atoms with van der Waals surface area (Å²) in [6.07, 6.45) is 0.541. The van der Waals surface area contributed by atoms with Crippen LogP contribution in [0, 0.1) is 17.0 Å². The number of benzene rings is 1. The van der Waals surface area contributed by atoms with Gasteiger partial charge < -0.3 is 0 Å². The summed E-state index contributed by atoms with van der Waals surface area (Å²) in [5, 5.41) is 0. The molecule has 15 heavy (non-hydrogen) atoms. The fraction of sp³-hybridized carbons (Fsp3) is 0.417. The number of carbonyl (C=O) groups is 1. The van der Waals surface area contributed by atoms with Gasteiger partial charge >= 0.3 is 0 Å².